The average Bonchev–Trinajstić information content (AvgIpc) is 3.08. The monoisotopic (exact) mass is 345 g/mol. The van der Waals surface area contributed by atoms with Gasteiger partial charge < -0.3 is 10.1 Å². The molecule has 0 saturated heterocycles. The second kappa shape index (κ2) is 8.04. The number of benzene rings is 2. The lowest BCUT2D eigenvalue weighted by Crippen LogP contribution is -2.25. The standard InChI is InChI=1S/C21H19N3O2/c1-24-20(15-19(23-24)17-8-4-3-5-9-17)21(25)22-14-6-7-16-10-12-18(26-2)13-11-16/h3-5,8-13,15H,14H2,1-2H3,(H,22,25). The van der Waals surface area contributed by atoms with Crippen molar-refractivity contribution in [2.45, 2.75) is 0 Å². The maximum Gasteiger partial charge on any atom is 0.270 e. The van der Waals surface area contributed by atoms with E-state index < -0.39 is 0 Å². The van der Waals surface area contributed by atoms with E-state index in [2.05, 4.69) is 22.3 Å². The Kier molecular flexibility index (Phi) is 5.35. The van der Waals surface area contributed by atoms with Gasteiger partial charge in [-0.05, 0) is 30.3 Å². The zero-order chi connectivity index (χ0) is 18.4. The minimum atomic E-state index is -0.203. The van der Waals surface area contributed by atoms with Crippen LogP contribution >= 0.6 is 0 Å². The van der Waals surface area contributed by atoms with Crippen LogP contribution in [0.2, 0.25) is 0 Å². The molecule has 0 saturated carbocycles. The van der Waals surface area contributed by atoms with Crippen molar-refractivity contribution in [2.24, 2.45) is 7.05 Å². The van der Waals surface area contributed by atoms with Crippen LogP contribution < -0.4 is 10.1 Å². The van der Waals surface area contributed by atoms with Crippen LogP contribution in [-0.2, 0) is 7.05 Å². The maximum atomic E-state index is 12.3. The number of carbonyl (C=O) groups excluding carboxylic acids is 1. The molecule has 26 heavy (non-hydrogen) atoms. The normalized spacial score (nSPS) is 9.92. The van der Waals surface area contributed by atoms with Gasteiger partial charge in [-0.1, -0.05) is 42.2 Å². The van der Waals surface area contributed by atoms with Crippen molar-refractivity contribution in [1.29, 1.82) is 0 Å². The molecule has 130 valence electrons. The van der Waals surface area contributed by atoms with Crippen molar-refractivity contribution < 1.29 is 9.53 Å². The number of carbonyl (C=O) groups is 1. The van der Waals surface area contributed by atoms with Crippen molar-refractivity contribution in [3.05, 3.63) is 71.9 Å². The van der Waals surface area contributed by atoms with Gasteiger partial charge in [-0.2, -0.15) is 5.10 Å². The van der Waals surface area contributed by atoms with Gasteiger partial charge in [0.1, 0.15) is 11.4 Å². The molecule has 1 N–H and O–H groups in total. The molecule has 0 spiro atoms. The number of rotatable bonds is 4. The summed E-state index contributed by atoms with van der Waals surface area (Å²) in [5, 5.41) is 7.20. The topological polar surface area (TPSA) is 56.1 Å². The number of aromatic nitrogens is 2. The van der Waals surface area contributed by atoms with Crippen LogP contribution in [0.5, 0.6) is 5.75 Å². The zero-order valence-electron chi connectivity index (χ0n) is 14.7. The summed E-state index contributed by atoms with van der Waals surface area (Å²) in [5.74, 6) is 6.53. The Balaban J connectivity index is 1.62. The number of amides is 1. The van der Waals surface area contributed by atoms with E-state index in [1.165, 1.54) is 0 Å². The molecule has 3 aromatic rings. The minimum absolute atomic E-state index is 0.203. The number of methoxy groups -OCH3 is 1. The zero-order valence-corrected chi connectivity index (χ0v) is 14.7. The number of nitrogens with one attached hydrogen (secondary N) is 1. The van der Waals surface area contributed by atoms with Gasteiger partial charge in [0, 0.05) is 18.2 Å². The van der Waals surface area contributed by atoms with Crippen molar-refractivity contribution in [3.63, 3.8) is 0 Å². The highest BCUT2D eigenvalue weighted by Crippen LogP contribution is 2.18. The lowest BCUT2D eigenvalue weighted by molar-refractivity contribution is 0.0949. The Morgan fingerprint density at radius 3 is 2.58 bits per heavy atom. The van der Waals surface area contributed by atoms with Crippen LogP contribution in [0.3, 0.4) is 0 Å². The van der Waals surface area contributed by atoms with E-state index in [-0.39, 0.29) is 12.5 Å². The summed E-state index contributed by atoms with van der Waals surface area (Å²) < 4.78 is 6.68. The van der Waals surface area contributed by atoms with E-state index in [0.29, 0.717) is 5.69 Å². The third kappa shape index (κ3) is 4.11. The van der Waals surface area contributed by atoms with E-state index in [0.717, 1.165) is 22.6 Å². The fraction of sp³-hybridized carbons (Fsp3) is 0.143. The first-order valence-electron chi connectivity index (χ1n) is 8.18. The fourth-order valence-electron chi connectivity index (χ4n) is 2.47. The second-order valence-electron chi connectivity index (χ2n) is 5.62. The van der Waals surface area contributed by atoms with E-state index in [9.17, 15) is 4.79 Å². The second-order valence-corrected chi connectivity index (χ2v) is 5.62. The Morgan fingerprint density at radius 2 is 1.88 bits per heavy atom. The van der Waals surface area contributed by atoms with Gasteiger partial charge in [0.25, 0.3) is 5.91 Å². The molecule has 0 bridgehead atoms. The van der Waals surface area contributed by atoms with Crippen LogP contribution in [0.25, 0.3) is 11.3 Å². The fourth-order valence-corrected chi connectivity index (χ4v) is 2.47. The summed E-state index contributed by atoms with van der Waals surface area (Å²) in [6.07, 6.45) is 0. The molecule has 0 unspecified atom stereocenters. The average molecular weight is 345 g/mol. The quantitative estimate of drug-likeness (QED) is 0.740. The Morgan fingerprint density at radius 1 is 1.15 bits per heavy atom. The third-order valence-corrected chi connectivity index (χ3v) is 3.84. The summed E-state index contributed by atoms with van der Waals surface area (Å²) in [6, 6.07) is 19.0. The number of hydrogen-bond donors (Lipinski definition) is 1. The van der Waals surface area contributed by atoms with Crippen molar-refractivity contribution >= 4 is 5.91 Å². The van der Waals surface area contributed by atoms with Gasteiger partial charge >= 0.3 is 0 Å². The largest absolute Gasteiger partial charge is 0.497 e. The summed E-state index contributed by atoms with van der Waals surface area (Å²) in [4.78, 5) is 12.3. The summed E-state index contributed by atoms with van der Waals surface area (Å²) in [6.45, 7) is 0.261. The highest BCUT2D eigenvalue weighted by molar-refractivity contribution is 5.93. The van der Waals surface area contributed by atoms with Crippen LogP contribution in [0, 0.1) is 11.8 Å². The molecule has 0 atom stereocenters. The van der Waals surface area contributed by atoms with Gasteiger partial charge in [-0.25, -0.2) is 0 Å². The van der Waals surface area contributed by atoms with Crippen LogP contribution in [0.4, 0.5) is 0 Å². The highest BCUT2D eigenvalue weighted by atomic mass is 16.5. The summed E-state index contributed by atoms with van der Waals surface area (Å²) in [5.41, 5.74) is 3.10. The van der Waals surface area contributed by atoms with Crippen molar-refractivity contribution in [3.8, 4) is 28.8 Å². The first kappa shape index (κ1) is 17.3. The predicted octanol–water partition coefficient (Wildman–Crippen LogP) is 2.88. The number of ether oxygens (including phenoxy) is 1. The maximum absolute atomic E-state index is 12.3. The lowest BCUT2D eigenvalue weighted by atomic mass is 10.1. The van der Waals surface area contributed by atoms with E-state index in [1.54, 1.807) is 24.9 Å². The van der Waals surface area contributed by atoms with E-state index in [1.807, 2.05) is 54.6 Å². The highest BCUT2D eigenvalue weighted by Gasteiger charge is 2.13. The molecule has 5 heteroatoms. The van der Waals surface area contributed by atoms with Crippen LogP contribution in [0.1, 0.15) is 16.1 Å². The Hall–Kier alpha value is -3.52. The van der Waals surface area contributed by atoms with Crippen LogP contribution in [-0.4, -0.2) is 29.3 Å². The van der Waals surface area contributed by atoms with E-state index in [4.69, 9.17) is 4.74 Å². The molecule has 0 fully saturated rings. The Labute approximate surface area is 152 Å². The molecule has 0 aliphatic carbocycles. The van der Waals surface area contributed by atoms with Crippen molar-refractivity contribution in [2.75, 3.05) is 13.7 Å². The summed E-state index contributed by atoms with van der Waals surface area (Å²) >= 11 is 0. The minimum Gasteiger partial charge on any atom is -0.497 e. The molecule has 3 rings (SSSR count). The van der Waals surface area contributed by atoms with Gasteiger partial charge in [-0.3, -0.25) is 9.48 Å². The van der Waals surface area contributed by atoms with Gasteiger partial charge in [0.2, 0.25) is 0 Å². The first-order chi connectivity index (χ1) is 12.7. The molecule has 1 heterocycles. The summed E-state index contributed by atoms with van der Waals surface area (Å²) in [7, 11) is 3.38. The first-order valence-corrected chi connectivity index (χ1v) is 8.18. The van der Waals surface area contributed by atoms with E-state index >= 15 is 0 Å². The van der Waals surface area contributed by atoms with Gasteiger partial charge in [0.05, 0.1) is 19.3 Å². The predicted molar refractivity (Wildman–Crippen MR) is 101 cm³/mol. The smallest absolute Gasteiger partial charge is 0.270 e. The molecular weight excluding hydrogens is 326 g/mol. The SMILES string of the molecule is COc1ccc(C#CCNC(=O)c2cc(-c3ccccc3)nn2C)cc1. The molecule has 1 amide bonds. The molecule has 0 aliphatic rings. The third-order valence-electron chi connectivity index (χ3n) is 3.84. The van der Waals surface area contributed by atoms with Gasteiger partial charge in [-0.15, -0.1) is 0 Å². The van der Waals surface area contributed by atoms with Crippen molar-refractivity contribution in [1.82, 2.24) is 15.1 Å². The van der Waals surface area contributed by atoms with Gasteiger partial charge in [0.15, 0.2) is 0 Å². The molecule has 0 radical (unpaired) electrons. The number of nitrogens with zero attached hydrogens (tertiary/aromatic N) is 2. The van der Waals surface area contributed by atoms with Crippen LogP contribution in [0.15, 0.2) is 60.7 Å². The molecular formula is C21H19N3O2. The molecule has 2 aromatic carbocycles. The number of aryl methyl sites for hydroxylation is 1. The Bertz CT molecular complexity index is 948. The molecule has 0 aliphatic heterocycles. The molecule has 5 nitrogen and oxygen atoms in total. The molecule has 1 aromatic heterocycles. The number of hydrogen-bond acceptors (Lipinski definition) is 3. The lowest BCUT2D eigenvalue weighted by Gasteiger charge is -2.00.